The SMILES string of the molecule is N#C/C(=C/NCCCN1CCCC1=O)C(=O)NCc1ccc2c(c1)OCO2. The van der Waals surface area contributed by atoms with Crippen LogP contribution in [-0.2, 0) is 16.1 Å². The normalized spacial score (nSPS) is 15.6. The van der Waals surface area contributed by atoms with Crippen LogP contribution in [0.4, 0.5) is 0 Å². The fourth-order valence-electron chi connectivity index (χ4n) is 2.96. The number of hydrogen-bond donors (Lipinski definition) is 2. The van der Waals surface area contributed by atoms with Gasteiger partial charge in [0, 0.05) is 38.8 Å². The number of benzene rings is 1. The van der Waals surface area contributed by atoms with Crippen molar-refractivity contribution in [2.75, 3.05) is 26.4 Å². The van der Waals surface area contributed by atoms with Crippen LogP contribution in [0.3, 0.4) is 0 Å². The third kappa shape index (κ3) is 4.91. The van der Waals surface area contributed by atoms with Crippen molar-refractivity contribution >= 4 is 11.8 Å². The van der Waals surface area contributed by atoms with Crippen molar-refractivity contribution in [3.63, 3.8) is 0 Å². The van der Waals surface area contributed by atoms with E-state index < -0.39 is 5.91 Å². The van der Waals surface area contributed by atoms with Gasteiger partial charge in [0.05, 0.1) is 0 Å². The van der Waals surface area contributed by atoms with Gasteiger partial charge in [0.2, 0.25) is 12.7 Å². The second-order valence-corrected chi connectivity index (χ2v) is 6.33. The molecular weight excluding hydrogens is 348 g/mol. The molecule has 1 fully saturated rings. The molecule has 0 bridgehead atoms. The van der Waals surface area contributed by atoms with E-state index in [4.69, 9.17) is 9.47 Å². The molecule has 0 saturated carbocycles. The summed E-state index contributed by atoms with van der Waals surface area (Å²) in [6, 6.07) is 7.32. The fourth-order valence-corrected chi connectivity index (χ4v) is 2.96. The average Bonchev–Trinajstić information content (AvgIpc) is 3.31. The Morgan fingerprint density at radius 3 is 2.96 bits per heavy atom. The van der Waals surface area contributed by atoms with Crippen LogP contribution in [0.2, 0.25) is 0 Å². The Balaban J connectivity index is 1.41. The van der Waals surface area contributed by atoms with E-state index in [0.717, 1.165) is 24.9 Å². The summed E-state index contributed by atoms with van der Waals surface area (Å²) in [7, 11) is 0. The number of nitrogens with one attached hydrogen (secondary N) is 2. The molecule has 0 unspecified atom stereocenters. The molecule has 3 rings (SSSR count). The summed E-state index contributed by atoms with van der Waals surface area (Å²) in [6.07, 6.45) is 3.74. The first-order valence-electron chi connectivity index (χ1n) is 8.95. The van der Waals surface area contributed by atoms with E-state index in [1.165, 1.54) is 6.20 Å². The molecule has 2 aliphatic heterocycles. The molecule has 1 saturated heterocycles. The van der Waals surface area contributed by atoms with Crippen molar-refractivity contribution in [3.05, 3.63) is 35.5 Å². The van der Waals surface area contributed by atoms with Crippen molar-refractivity contribution < 1.29 is 19.1 Å². The highest BCUT2D eigenvalue weighted by atomic mass is 16.7. The maximum Gasteiger partial charge on any atom is 0.263 e. The molecule has 142 valence electrons. The van der Waals surface area contributed by atoms with Gasteiger partial charge in [-0.25, -0.2) is 0 Å². The highest BCUT2D eigenvalue weighted by Gasteiger charge is 2.19. The average molecular weight is 370 g/mol. The Morgan fingerprint density at radius 2 is 2.19 bits per heavy atom. The zero-order valence-corrected chi connectivity index (χ0v) is 15.0. The Bertz CT molecular complexity index is 784. The summed E-state index contributed by atoms with van der Waals surface area (Å²) in [5, 5.41) is 14.9. The number of nitriles is 1. The quantitative estimate of drug-likeness (QED) is 0.403. The lowest BCUT2D eigenvalue weighted by atomic mass is 10.2. The number of ether oxygens (including phenoxy) is 2. The van der Waals surface area contributed by atoms with Crippen LogP contribution in [0.1, 0.15) is 24.8 Å². The van der Waals surface area contributed by atoms with Crippen LogP contribution in [0.15, 0.2) is 30.0 Å². The van der Waals surface area contributed by atoms with E-state index in [2.05, 4.69) is 10.6 Å². The van der Waals surface area contributed by atoms with Crippen LogP contribution in [0.25, 0.3) is 0 Å². The van der Waals surface area contributed by atoms with Crippen molar-refractivity contribution in [2.45, 2.75) is 25.8 Å². The Kier molecular flexibility index (Phi) is 6.15. The van der Waals surface area contributed by atoms with Crippen molar-refractivity contribution in [1.82, 2.24) is 15.5 Å². The summed E-state index contributed by atoms with van der Waals surface area (Å²) in [4.78, 5) is 25.5. The zero-order chi connectivity index (χ0) is 19.1. The fraction of sp³-hybridized carbons (Fsp3) is 0.421. The first kappa shape index (κ1) is 18.6. The number of carbonyl (C=O) groups is 2. The minimum atomic E-state index is -0.447. The largest absolute Gasteiger partial charge is 0.454 e. The molecule has 8 nitrogen and oxygen atoms in total. The molecule has 1 aromatic rings. The van der Waals surface area contributed by atoms with Gasteiger partial charge < -0.3 is 25.0 Å². The Morgan fingerprint density at radius 1 is 1.33 bits per heavy atom. The number of rotatable bonds is 8. The molecule has 1 aromatic carbocycles. The van der Waals surface area contributed by atoms with Crippen LogP contribution in [0.5, 0.6) is 11.5 Å². The number of fused-ring (bicyclic) bond motifs is 1. The molecular formula is C19H22N4O4. The molecule has 0 radical (unpaired) electrons. The highest BCUT2D eigenvalue weighted by Crippen LogP contribution is 2.32. The van der Waals surface area contributed by atoms with Gasteiger partial charge in [-0.3, -0.25) is 9.59 Å². The Hall–Kier alpha value is -3.21. The standard InChI is InChI=1S/C19H22N4O4/c20-10-15(12-21-6-2-8-23-7-1-3-18(23)24)19(25)22-11-14-4-5-16-17(9-14)27-13-26-16/h4-5,9,12,21H,1-3,6-8,11,13H2,(H,22,25)/b15-12-. The van der Waals surface area contributed by atoms with E-state index in [9.17, 15) is 14.9 Å². The predicted molar refractivity (Wildman–Crippen MR) is 96.5 cm³/mol. The van der Waals surface area contributed by atoms with Gasteiger partial charge in [0.15, 0.2) is 11.5 Å². The van der Waals surface area contributed by atoms with Gasteiger partial charge in [-0.2, -0.15) is 5.26 Å². The van der Waals surface area contributed by atoms with E-state index >= 15 is 0 Å². The predicted octanol–water partition coefficient (Wildman–Crippen LogP) is 1.04. The smallest absolute Gasteiger partial charge is 0.263 e. The monoisotopic (exact) mass is 370 g/mol. The summed E-state index contributed by atoms with van der Waals surface area (Å²) in [5.41, 5.74) is 0.862. The number of amides is 2. The van der Waals surface area contributed by atoms with Gasteiger partial charge in [-0.1, -0.05) is 6.07 Å². The van der Waals surface area contributed by atoms with Crippen molar-refractivity contribution in [3.8, 4) is 17.6 Å². The molecule has 0 atom stereocenters. The second kappa shape index (κ2) is 8.94. The van der Waals surface area contributed by atoms with Gasteiger partial charge in [0.25, 0.3) is 5.91 Å². The van der Waals surface area contributed by atoms with Crippen LogP contribution in [0, 0.1) is 11.3 Å². The maximum absolute atomic E-state index is 12.1. The number of likely N-dealkylation sites (tertiary alicyclic amines) is 1. The topological polar surface area (TPSA) is 104 Å². The summed E-state index contributed by atoms with van der Waals surface area (Å²) in [5.74, 6) is 1.09. The zero-order valence-electron chi connectivity index (χ0n) is 15.0. The van der Waals surface area contributed by atoms with E-state index in [1.807, 2.05) is 17.0 Å². The lowest BCUT2D eigenvalue weighted by Gasteiger charge is -2.14. The summed E-state index contributed by atoms with van der Waals surface area (Å²) < 4.78 is 10.5. The number of hydrogen-bond acceptors (Lipinski definition) is 6. The number of nitrogens with zero attached hydrogens (tertiary/aromatic N) is 2. The molecule has 2 N–H and O–H groups in total. The summed E-state index contributed by atoms with van der Waals surface area (Å²) >= 11 is 0. The number of carbonyl (C=O) groups excluding carboxylic acids is 2. The van der Waals surface area contributed by atoms with Crippen LogP contribution < -0.4 is 20.1 Å². The molecule has 27 heavy (non-hydrogen) atoms. The van der Waals surface area contributed by atoms with Gasteiger partial charge in [-0.05, 0) is 30.5 Å². The second-order valence-electron chi connectivity index (χ2n) is 6.33. The molecule has 0 spiro atoms. The van der Waals surface area contributed by atoms with Crippen LogP contribution >= 0.6 is 0 Å². The summed E-state index contributed by atoms with van der Waals surface area (Å²) in [6.45, 7) is 2.58. The van der Waals surface area contributed by atoms with E-state index in [0.29, 0.717) is 31.0 Å². The molecule has 0 aliphatic carbocycles. The molecule has 2 amide bonds. The van der Waals surface area contributed by atoms with Crippen molar-refractivity contribution in [1.29, 1.82) is 5.26 Å². The molecule has 2 heterocycles. The minimum Gasteiger partial charge on any atom is -0.454 e. The first-order valence-corrected chi connectivity index (χ1v) is 8.95. The Labute approximate surface area is 157 Å². The van der Waals surface area contributed by atoms with E-state index in [-0.39, 0.29) is 24.8 Å². The van der Waals surface area contributed by atoms with Gasteiger partial charge in [-0.15, -0.1) is 0 Å². The molecule has 0 aromatic heterocycles. The first-order chi connectivity index (χ1) is 13.2. The van der Waals surface area contributed by atoms with E-state index in [1.54, 1.807) is 12.1 Å². The van der Waals surface area contributed by atoms with Gasteiger partial charge >= 0.3 is 0 Å². The highest BCUT2D eigenvalue weighted by molar-refractivity contribution is 5.97. The lowest BCUT2D eigenvalue weighted by molar-refractivity contribution is -0.127. The van der Waals surface area contributed by atoms with Crippen LogP contribution in [-0.4, -0.2) is 43.1 Å². The molecule has 8 heteroatoms. The third-order valence-electron chi connectivity index (χ3n) is 4.42. The third-order valence-corrected chi connectivity index (χ3v) is 4.42. The molecule has 2 aliphatic rings. The maximum atomic E-state index is 12.1. The minimum absolute atomic E-state index is 0.00740. The van der Waals surface area contributed by atoms with Gasteiger partial charge in [0.1, 0.15) is 11.6 Å². The lowest BCUT2D eigenvalue weighted by Crippen LogP contribution is -2.28. The van der Waals surface area contributed by atoms with Crippen molar-refractivity contribution in [2.24, 2.45) is 0 Å².